The number of benzene rings is 8. The number of hydrogen-bond donors (Lipinski definition) is 0. The molecule has 0 fully saturated rings. The highest BCUT2D eigenvalue weighted by molar-refractivity contribution is 6.23. The number of nitrogens with zero attached hydrogens (tertiary/aromatic N) is 2. The molecule has 1 aliphatic carbocycles. The van der Waals surface area contributed by atoms with Gasteiger partial charge in [-0.3, -0.25) is 0 Å². The van der Waals surface area contributed by atoms with Crippen LogP contribution in [0.2, 0.25) is 0 Å². The summed E-state index contributed by atoms with van der Waals surface area (Å²) in [6.45, 7) is 0. The second kappa shape index (κ2) is 9.97. The van der Waals surface area contributed by atoms with Crippen molar-refractivity contribution >= 4 is 59.9 Å². The van der Waals surface area contributed by atoms with Crippen molar-refractivity contribution in [3.05, 3.63) is 181 Å². The molecule has 0 atom stereocenters. The van der Waals surface area contributed by atoms with Crippen LogP contribution in [-0.2, 0) is 6.42 Å². The Morgan fingerprint density at radius 1 is 0.333 bits per heavy atom. The molecule has 12 rings (SSSR count). The van der Waals surface area contributed by atoms with Gasteiger partial charge in [0.15, 0.2) is 0 Å². The Hall–Kier alpha value is -6.64. The van der Waals surface area contributed by atoms with Crippen molar-refractivity contribution in [2.24, 2.45) is 0 Å². The molecule has 3 heterocycles. The maximum atomic E-state index is 2.47. The van der Waals surface area contributed by atoms with E-state index < -0.39 is 0 Å². The van der Waals surface area contributed by atoms with Crippen molar-refractivity contribution in [2.75, 3.05) is 0 Å². The Morgan fingerprint density at radius 3 is 1.84 bits per heavy atom. The van der Waals surface area contributed by atoms with Gasteiger partial charge in [-0.25, -0.2) is 0 Å². The first-order valence-corrected chi connectivity index (χ1v) is 17.8. The van der Waals surface area contributed by atoms with Crippen molar-refractivity contribution in [2.45, 2.75) is 6.42 Å². The van der Waals surface area contributed by atoms with Crippen LogP contribution in [0.4, 0.5) is 0 Å². The first-order chi connectivity index (χ1) is 25.3. The molecule has 0 N–H and O–H groups in total. The van der Waals surface area contributed by atoms with Crippen LogP contribution in [0.25, 0.3) is 99.0 Å². The molecule has 8 aromatic carbocycles. The third kappa shape index (κ3) is 3.71. The minimum absolute atomic E-state index is 1.02. The molecule has 1 aliphatic rings. The number of hydrogen-bond acceptors (Lipinski definition) is 0. The minimum atomic E-state index is 1.02. The molecule has 0 spiro atoms. The number of rotatable bonds is 3. The van der Waals surface area contributed by atoms with Crippen LogP contribution < -0.4 is 0 Å². The standard InChI is InChI=1S/C49H30N2/c1-2-12-37-34(9-1)25-35-20-19-31(27-43(35)37)30-10-7-11-36(26-30)50-45-17-5-4-14-39(45)44-28-32(22-24-47(44)50)33-21-23-40-42-16-8-15-41-38-13-3-6-18-46(38)51(49(41)42)48(40)29-33/h1-24,26-29H,25H2. The number of para-hydroxylation sites is 3. The monoisotopic (exact) mass is 646 g/mol. The molecule has 0 saturated carbocycles. The summed E-state index contributed by atoms with van der Waals surface area (Å²) >= 11 is 0. The molecule has 2 nitrogen and oxygen atoms in total. The quantitative estimate of drug-likeness (QED) is 0.181. The topological polar surface area (TPSA) is 9.34 Å². The first-order valence-electron chi connectivity index (χ1n) is 17.8. The summed E-state index contributed by atoms with van der Waals surface area (Å²) in [5.74, 6) is 0. The van der Waals surface area contributed by atoms with Crippen LogP contribution in [0.3, 0.4) is 0 Å². The summed E-state index contributed by atoms with van der Waals surface area (Å²) < 4.78 is 4.90. The lowest BCUT2D eigenvalue weighted by molar-refractivity contribution is 1.18. The average Bonchev–Trinajstić information content (AvgIpc) is 3.93. The van der Waals surface area contributed by atoms with Gasteiger partial charge in [-0.05, 0) is 99.5 Å². The van der Waals surface area contributed by atoms with E-state index in [1.54, 1.807) is 0 Å². The fraction of sp³-hybridized carbons (Fsp3) is 0.0204. The third-order valence-electron chi connectivity index (χ3n) is 11.5. The Balaban J connectivity index is 1.02. The molecule has 236 valence electrons. The Bertz CT molecular complexity index is 3230. The van der Waals surface area contributed by atoms with Gasteiger partial charge >= 0.3 is 0 Å². The van der Waals surface area contributed by atoms with Crippen molar-refractivity contribution < 1.29 is 0 Å². The van der Waals surface area contributed by atoms with Gasteiger partial charge in [0.25, 0.3) is 0 Å². The zero-order chi connectivity index (χ0) is 33.2. The second-order valence-corrected chi connectivity index (χ2v) is 14.1. The van der Waals surface area contributed by atoms with Crippen LogP contribution in [0, 0.1) is 0 Å². The van der Waals surface area contributed by atoms with E-state index in [1.807, 2.05) is 0 Å². The fourth-order valence-electron chi connectivity index (χ4n) is 9.17. The summed E-state index contributed by atoms with van der Waals surface area (Å²) in [5.41, 5.74) is 17.9. The van der Waals surface area contributed by atoms with Gasteiger partial charge in [0, 0.05) is 38.0 Å². The Morgan fingerprint density at radius 2 is 0.941 bits per heavy atom. The molecule has 0 saturated heterocycles. The normalized spacial score (nSPS) is 12.6. The van der Waals surface area contributed by atoms with Crippen molar-refractivity contribution in [3.63, 3.8) is 0 Å². The first kappa shape index (κ1) is 27.2. The highest BCUT2D eigenvalue weighted by Gasteiger charge is 2.20. The molecule has 0 amide bonds. The zero-order valence-corrected chi connectivity index (χ0v) is 27.8. The molecule has 0 unspecified atom stereocenters. The highest BCUT2D eigenvalue weighted by atomic mass is 15.0. The largest absolute Gasteiger partial charge is 0.309 e. The molecular formula is C49H30N2. The zero-order valence-electron chi connectivity index (χ0n) is 27.8. The van der Waals surface area contributed by atoms with E-state index in [4.69, 9.17) is 0 Å². The lowest BCUT2D eigenvalue weighted by atomic mass is 9.98. The van der Waals surface area contributed by atoms with Crippen LogP contribution >= 0.6 is 0 Å². The molecule has 11 aromatic rings. The van der Waals surface area contributed by atoms with Gasteiger partial charge in [0.2, 0.25) is 0 Å². The summed E-state index contributed by atoms with van der Waals surface area (Å²) in [6.07, 6.45) is 1.02. The van der Waals surface area contributed by atoms with Crippen LogP contribution in [0.15, 0.2) is 170 Å². The lowest BCUT2D eigenvalue weighted by Gasteiger charge is -2.12. The fourth-order valence-corrected chi connectivity index (χ4v) is 9.17. The van der Waals surface area contributed by atoms with Gasteiger partial charge in [-0.2, -0.15) is 0 Å². The maximum Gasteiger partial charge on any atom is 0.0620 e. The van der Waals surface area contributed by atoms with E-state index in [0.29, 0.717) is 0 Å². The molecule has 0 radical (unpaired) electrons. The predicted molar refractivity (Wildman–Crippen MR) is 215 cm³/mol. The lowest BCUT2D eigenvalue weighted by Crippen LogP contribution is -1.94. The molecule has 51 heavy (non-hydrogen) atoms. The van der Waals surface area contributed by atoms with E-state index in [2.05, 4.69) is 179 Å². The number of fused-ring (bicyclic) bond motifs is 12. The molecule has 3 aromatic heterocycles. The van der Waals surface area contributed by atoms with Gasteiger partial charge in [0.05, 0.1) is 27.6 Å². The van der Waals surface area contributed by atoms with E-state index >= 15 is 0 Å². The molecular weight excluding hydrogens is 617 g/mol. The van der Waals surface area contributed by atoms with Gasteiger partial charge in [0.1, 0.15) is 0 Å². The van der Waals surface area contributed by atoms with Crippen molar-refractivity contribution in [1.82, 2.24) is 8.97 Å². The second-order valence-electron chi connectivity index (χ2n) is 14.1. The summed E-state index contributed by atoms with van der Waals surface area (Å²) in [6, 6.07) is 63.2. The van der Waals surface area contributed by atoms with Crippen LogP contribution in [0.5, 0.6) is 0 Å². The van der Waals surface area contributed by atoms with Crippen LogP contribution in [0.1, 0.15) is 11.1 Å². The molecule has 0 bridgehead atoms. The van der Waals surface area contributed by atoms with E-state index in [9.17, 15) is 0 Å². The summed E-state index contributed by atoms with van der Waals surface area (Å²) in [4.78, 5) is 0. The van der Waals surface area contributed by atoms with E-state index in [0.717, 1.165) is 6.42 Å². The smallest absolute Gasteiger partial charge is 0.0620 e. The van der Waals surface area contributed by atoms with E-state index in [1.165, 1.54) is 110 Å². The highest BCUT2D eigenvalue weighted by Crippen LogP contribution is 2.42. The van der Waals surface area contributed by atoms with E-state index in [-0.39, 0.29) is 0 Å². The van der Waals surface area contributed by atoms with Gasteiger partial charge < -0.3 is 8.97 Å². The molecule has 2 heteroatoms. The SMILES string of the molecule is c1cc(-c2ccc3c(c2)-c2ccccc2C3)cc(-n2c3ccccc3c3cc(-c4ccc5c6cccc7c8ccccc8n(c5c4)c76)ccc32)c1. The average molecular weight is 647 g/mol. The minimum Gasteiger partial charge on any atom is -0.309 e. The predicted octanol–water partition coefficient (Wildman–Crippen LogP) is 12.8. The third-order valence-corrected chi connectivity index (χ3v) is 11.5. The maximum absolute atomic E-state index is 2.47. The Kier molecular flexibility index (Phi) is 5.32. The number of aromatic nitrogens is 2. The Labute approximate surface area is 294 Å². The molecule has 0 aliphatic heterocycles. The van der Waals surface area contributed by atoms with Crippen molar-refractivity contribution in [3.8, 4) is 39.1 Å². The summed E-state index contributed by atoms with van der Waals surface area (Å²) in [5, 5.41) is 7.78. The van der Waals surface area contributed by atoms with Gasteiger partial charge in [-0.15, -0.1) is 0 Å². The van der Waals surface area contributed by atoms with Crippen LogP contribution in [-0.4, -0.2) is 8.97 Å². The summed E-state index contributed by atoms with van der Waals surface area (Å²) in [7, 11) is 0. The van der Waals surface area contributed by atoms with Crippen molar-refractivity contribution in [1.29, 1.82) is 0 Å². The van der Waals surface area contributed by atoms with Gasteiger partial charge in [-0.1, -0.05) is 121 Å².